The summed E-state index contributed by atoms with van der Waals surface area (Å²) in [5, 5.41) is 0. The molecule has 5 heteroatoms. The number of Topliss-reactive ketones (excluding diaryl/α,β-unsaturated/α-hetero) is 1. The van der Waals surface area contributed by atoms with Crippen molar-refractivity contribution in [2.24, 2.45) is 5.92 Å². The van der Waals surface area contributed by atoms with E-state index in [-0.39, 0.29) is 23.4 Å². The summed E-state index contributed by atoms with van der Waals surface area (Å²) < 4.78 is 13.3. The summed E-state index contributed by atoms with van der Waals surface area (Å²) in [6.07, 6.45) is 3.13. The van der Waals surface area contributed by atoms with Crippen LogP contribution in [0.25, 0.3) is 11.1 Å². The zero-order valence-corrected chi connectivity index (χ0v) is 15.9. The predicted octanol–water partition coefficient (Wildman–Crippen LogP) is 4.62. The van der Waals surface area contributed by atoms with Gasteiger partial charge in [0.05, 0.1) is 0 Å². The predicted molar refractivity (Wildman–Crippen MR) is 109 cm³/mol. The Balaban J connectivity index is 1.57. The fourth-order valence-corrected chi connectivity index (χ4v) is 3.81. The Hall–Kier alpha value is -3.34. The Morgan fingerprint density at radius 2 is 1.72 bits per heavy atom. The molecular formula is C24H21FN2O2. The highest BCUT2D eigenvalue weighted by molar-refractivity contribution is 6.02. The van der Waals surface area contributed by atoms with Crippen molar-refractivity contribution >= 4 is 11.7 Å². The van der Waals surface area contributed by atoms with Crippen molar-refractivity contribution in [3.63, 3.8) is 0 Å². The molecule has 0 bridgehead atoms. The van der Waals surface area contributed by atoms with Gasteiger partial charge in [-0.1, -0.05) is 36.4 Å². The first-order valence-electron chi connectivity index (χ1n) is 9.73. The van der Waals surface area contributed by atoms with Gasteiger partial charge in [0.25, 0.3) is 5.91 Å². The third-order valence-electron chi connectivity index (χ3n) is 5.31. The van der Waals surface area contributed by atoms with Crippen LogP contribution >= 0.6 is 0 Å². The molecule has 3 aromatic rings. The van der Waals surface area contributed by atoms with Crippen LogP contribution in [0.1, 0.15) is 33.7 Å². The normalized spacial score (nSPS) is 16.4. The first kappa shape index (κ1) is 19.0. The second-order valence-electron chi connectivity index (χ2n) is 7.22. The highest BCUT2D eigenvalue weighted by Gasteiger charge is 2.30. The minimum absolute atomic E-state index is 0.0186. The molecule has 0 aliphatic carbocycles. The maximum atomic E-state index is 13.3. The lowest BCUT2D eigenvalue weighted by molar-refractivity contribution is 0.0636. The van der Waals surface area contributed by atoms with Crippen molar-refractivity contribution in [3.8, 4) is 11.1 Å². The molecule has 2 heterocycles. The second-order valence-corrected chi connectivity index (χ2v) is 7.22. The number of amides is 1. The number of hydrogen-bond acceptors (Lipinski definition) is 3. The third-order valence-corrected chi connectivity index (χ3v) is 5.31. The number of nitrogens with zero attached hydrogens (tertiary/aromatic N) is 2. The summed E-state index contributed by atoms with van der Waals surface area (Å²) >= 11 is 0. The largest absolute Gasteiger partial charge is 0.338 e. The molecule has 1 saturated heterocycles. The summed E-state index contributed by atoms with van der Waals surface area (Å²) in [6, 6.07) is 18.7. The molecule has 1 aliphatic heterocycles. The van der Waals surface area contributed by atoms with Crippen molar-refractivity contribution < 1.29 is 14.0 Å². The van der Waals surface area contributed by atoms with Crippen LogP contribution in [0.5, 0.6) is 0 Å². The number of halogens is 1. The number of carbonyl (C=O) groups excluding carboxylic acids is 2. The topological polar surface area (TPSA) is 50.3 Å². The zero-order chi connectivity index (χ0) is 20.2. The van der Waals surface area contributed by atoms with Gasteiger partial charge in [0.2, 0.25) is 0 Å². The maximum Gasteiger partial charge on any atom is 0.254 e. The van der Waals surface area contributed by atoms with Crippen molar-refractivity contribution in [1.82, 2.24) is 9.88 Å². The fourth-order valence-electron chi connectivity index (χ4n) is 3.81. The molecule has 1 aromatic heterocycles. The maximum absolute atomic E-state index is 13.3. The van der Waals surface area contributed by atoms with E-state index >= 15 is 0 Å². The summed E-state index contributed by atoms with van der Waals surface area (Å²) in [5.41, 5.74) is 2.55. The molecule has 1 aliphatic rings. The molecule has 29 heavy (non-hydrogen) atoms. The van der Waals surface area contributed by atoms with E-state index in [0.717, 1.165) is 24.0 Å². The van der Waals surface area contributed by atoms with E-state index in [2.05, 4.69) is 4.98 Å². The minimum atomic E-state index is -0.315. The number of carbonyl (C=O) groups is 2. The third kappa shape index (κ3) is 4.09. The summed E-state index contributed by atoms with van der Waals surface area (Å²) in [4.78, 5) is 32.0. The van der Waals surface area contributed by atoms with E-state index < -0.39 is 0 Å². The number of ketones is 1. The van der Waals surface area contributed by atoms with E-state index in [4.69, 9.17) is 0 Å². The average Bonchev–Trinajstić information content (AvgIpc) is 2.79. The number of pyridine rings is 1. The van der Waals surface area contributed by atoms with Crippen molar-refractivity contribution in [2.45, 2.75) is 12.8 Å². The molecule has 1 fully saturated rings. The highest BCUT2D eigenvalue weighted by atomic mass is 19.1. The number of benzene rings is 2. The lowest BCUT2D eigenvalue weighted by Gasteiger charge is -2.32. The molecule has 0 N–H and O–H groups in total. The van der Waals surface area contributed by atoms with Gasteiger partial charge >= 0.3 is 0 Å². The molecule has 1 atom stereocenters. The van der Waals surface area contributed by atoms with Crippen molar-refractivity contribution in [3.05, 3.63) is 90.0 Å². The number of piperidine rings is 1. The highest BCUT2D eigenvalue weighted by Crippen LogP contribution is 2.27. The van der Waals surface area contributed by atoms with Gasteiger partial charge < -0.3 is 4.90 Å². The van der Waals surface area contributed by atoms with Crippen LogP contribution in [0.2, 0.25) is 0 Å². The van der Waals surface area contributed by atoms with Crippen LogP contribution in [0.3, 0.4) is 0 Å². The molecule has 1 unspecified atom stereocenters. The molecule has 0 spiro atoms. The second kappa shape index (κ2) is 8.35. The zero-order valence-electron chi connectivity index (χ0n) is 15.9. The SMILES string of the molecule is O=C(c1ccccn1)C1CCCN(C(=O)c2ccccc2-c2ccc(F)cc2)C1. The van der Waals surface area contributed by atoms with Crippen LogP contribution in [0.15, 0.2) is 72.9 Å². The van der Waals surface area contributed by atoms with Crippen LogP contribution in [-0.2, 0) is 0 Å². The van der Waals surface area contributed by atoms with Crippen molar-refractivity contribution in [1.29, 1.82) is 0 Å². The Morgan fingerprint density at radius 1 is 0.966 bits per heavy atom. The Labute approximate surface area is 169 Å². The molecule has 4 rings (SSSR count). The van der Waals surface area contributed by atoms with Gasteiger partial charge in [0, 0.05) is 30.8 Å². The number of rotatable bonds is 4. The lowest BCUT2D eigenvalue weighted by atomic mass is 9.91. The minimum Gasteiger partial charge on any atom is -0.338 e. The van der Waals surface area contributed by atoms with E-state index in [0.29, 0.717) is 24.3 Å². The first-order valence-corrected chi connectivity index (χ1v) is 9.73. The van der Waals surface area contributed by atoms with E-state index in [1.807, 2.05) is 18.2 Å². The van der Waals surface area contributed by atoms with Crippen LogP contribution in [0.4, 0.5) is 4.39 Å². The molecule has 0 saturated carbocycles. The summed E-state index contributed by atoms with van der Waals surface area (Å²) in [7, 11) is 0. The van der Waals surface area contributed by atoms with E-state index in [1.165, 1.54) is 12.1 Å². The Morgan fingerprint density at radius 3 is 2.48 bits per heavy atom. The fraction of sp³-hybridized carbons (Fsp3) is 0.208. The molecule has 146 valence electrons. The van der Waals surface area contributed by atoms with E-state index in [1.54, 1.807) is 47.5 Å². The van der Waals surface area contributed by atoms with Gasteiger partial charge in [-0.15, -0.1) is 0 Å². The monoisotopic (exact) mass is 388 g/mol. The van der Waals surface area contributed by atoms with Crippen LogP contribution in [0, 0.1) is 11.7 Å². The van der Waals surface area contributed by atoms with Gasteiger partial charge in [-0.25, -0.2) is 4.39 Å². The van der Waals surface area contributed by atoms with Gasteiger partial charge in [0.1, 0.15) is 11.5 Å². The average molecular weight is 388 g/mol. The van der Waals surface area contributed by atoms with Crippen LogP contribution < -0.4 is 0 Å². The molecular weight excluding hydrogens is 367 g/mol. The van der Waals surface area contributed by atoms with Crippen LogP contribution in [-0.4, -0.2) is 34.7 Å². The van der Waals surface area contributed by atoms with Crippen molar-refractivity contribution in [2.75, 3.05) is 13.1 Å². The molecule has 1 amide bonds. The smallest absolute Gasteiger partial charge is 0.254 e. The molecule has 0 radical (unpaired) electrons. The summed E-state index contributed by atoms with van der Waals surface area (Å²) in [6.45, 7) is 0.995. The van der Waals surface area contributed by atoms with Gasteiger partial charge in [0.15, 0.2) is 5.78 Å². The van der Waals surface area contributed by atoms with Gasteiger partial charge in [-0.3, -0.25) is 14.6 Å². The quantitative estimate of drug-likeness (QED) is 0.613. The Kier molecular flexibility index (Phi) is 5.47. The first-order chi connectivity index (χ1) is 14.1. The Bertz CT molecular complexity index is 1020. The van der Waals surface area contributed by atoms with Gasteiger partial charge in [-0.2, -0.15) is 0 Å². The number of likely N-dealkylation sites (tertiary alicyclic amines) is 1. The molecule has 2 aromatic carbocycles. The van der Waals surface area contributed by atoms with E-state index in [9.17, 15) is 14.0 Å². The number of aromatic nitrogens is 1. The lowest BCUT2D eigenvalue weighted by Crippen LogP contribution is -2.42. The molecule has 4 nitrogen and oxygen atoms in total. The standard InChI is InChI=1S/C24H21FN2O2/c25-19-12-10-17(11-13-19)20-7-1-2-8-21(20)24(29)27-15-5-6-18(16-27)23(28)22-9-3-4-14-26-22/h1-4,7-14,18H,5-6,15-16H2. The summed E-state index contributed by atoms with van der Waals surface area (Å²) in [5.74, 6) is -0.691. The van der Waals surface area contributed by atoms with Gasteiger partial charge in [-0.05, 0) is 54.3 Å². The number of hydrogen-bond donors (Lipinski definition) is 0.